The molecule has 1 atom stereocenters. The van der Waals surface area contributed by atoms with Crippen molar-refractivity contribution >= 4 is 46.2 Å². The van der Waals surface area contributed by atoms with Gasteiger partial charge in [-0.2, -0.15) is 15.1 Å². The van der Waals surface area contributed by atoms with Crippen molar-refractivity contribution in [3.8, 4) is 0 Å². The van der Waals surface area contributed by atoms with Gasteiger partial charge in [0.05, 0.1) is 28.3 Å². The second-order valence-corrected chi connectivity index (χ2v) is 9.35. The van der Waals surface area contributed by atoms with E-state index in [4.69, 9.17) is 27.1 Å². The molecule has 4 rings (SSSR count). The van der Waals surface area contributed by atoms with Crippen LogP contribution in [0.2, 0.25) is 5.02 Å². The van der Waals surface area contributed by atoms with Crippen molar-refractivity contribution < 1.29 is 9.53 Å². The number of nitrogen functional groups attached to an aromatic ring is 1. The SMILES string of the molecule is CCn1cc(Nc2nc(N)c3c(Cl)cn([C@@H]4CCCN(C(=O)OC(C)(C)C)C4)c3n2)cn1. The van der Waals surface area contributed by atoms with Crippen molar-refractivity contribution in [3.63, 3.8) is 0 Å². The predicted molar refractivity (Wildman–Crippen MR) is 124 cm³/mol. The zero-order chi connectivity index (χ0) is 23.0. The number of nitrogens with zero attached hydrogens (tertiary/aromatic N) is 6. The van der Waals surface area contributed by atoms with Crippen molar-refractivity contribution in [2.45, 2.75) is 58.7 Å². The Morgan fingerprint density at radius 2 is 2.12 bits per heavy atom. The third-order valence-electron chi connectivity index (χ3n) is 5.31. The number of fused-ring (bicyclic) bond motifs is 1. The summed E-state index contributed by atoms with van der Waals surface area (Å²) in [5, 5.41) is 8.50. The van der Waals surface area contributed by atoms with E-state index >= 15 is 0 Å². The summed E-state index contributed by atoms with van der Waals surface area (Å²) in [5.41, 5.74) is 7.09. The molecule has 172 valence electrons. The van der Waals surface area contributed by atoms with Gasteiger partial charge in [0.25, 0.3) is 0 Å². The van der Waals surface area contributed by atoms with Gasteiger partial charge in [-0.1, -0.05) is 11.6 Å². The zero-order valence-electron chi connectivity index (χ0n) is 18.8. The number of aromatic nitrogens is 5. The average molecular weight is 461 g/mol. The molecule has 0 aromatic carbocycles. The zero-order valence-corrected chi connectivity index (χ0v) is 19.6. The summed E-state index contributed by atoms with van der Waals surface area (Å²) in [4.78, 5) is 23.4. The van der Waals surface area contributed by atoms with E-state index in [1.54, 1.807) is 15.8 Å². The highest BCUT2D eigenvalue weighted by Gasteiger charge is 2.30. The van der Waals surface area contributed by atoms with E-state index in [9.17, 15) is 4.79 Å². The van der Waals surface area contributed by atoms with Crippen LogP contribution in [0.5, 0.6) is 0 Å². The van der Waals surface area contributed by atoms with E-state index in [1.165, 1.54) is 0 Å². The molecular formula is C21H29ClN8O2. The first-order chi connectivity index (χ1) is 15.1. The summed E-state index contributed by atoms with van der Waals surface area (Å²) in [6.45, 7) is 9.53. The molecule has 1 aliphatic rings. The third kappa shape index (κ3) is 4.59. The normalized spacial score (nSPS) is 17.0. The number of halogens is 1. The molecule has 3 aromatic heterocycles. The van der Waals surface area contributed by atoms with Crippen LogP contribution in [-0.2, 0) is 11.3 Å². The highest BCUT2D eigenvalue weighted by molar-refractivity contribution is 6.36. The van der Waals surface area contributed by atoms with Crippen molar-refractivity contribution in [2.24, 2.45) is 0 Å². The second kappa shape index (κ2) is 8.50. The Morgan fingerprint density at radius 1 is 1.34 bits per heavy atom. The molecule has 0 unspecified atom stereocenters. The summed E-state index contributed by atoms with van der Waals surface area (Å²) in [6, 6.07) is -0.00346. The number of carbonyl (C=O) groups excluding carboxylic acids is 1. The average Bonchev–Trinajstić information content (AvgIpc) is 3.31. The number of aryl methyl sites for hydroxylation is 1. The van der Waals surface area contributed by atoms with E-state index in [1.807, 2.05) is 44.7 Å². The maximum Gasteiger partial charge on any atom is 0.410 e. The quantitative estimate of drug-likeness (QED) is 0.599. The van der Waals surface area contributed by atoms with Crippen LogP contribution < -0.4 is 11.1 Å². The molecule has 0 bridgehead atoms. The number of piperidine rings is 1. The minimum Gasteiger partial charge on any atom is -0.444 e. The van der Waals surface area contributed by atoms with Gasteiger partial charge in [0, 0.05) is 32.0 Å². The molecule has 1 saturated heterocycles. The summed E-state index contributed by atoms with van der Waals surface area (Å²) in [7, 11) is 0. The number of nitrogens with two attached hydrogens (primary N) is 1. The summed E-state index contributed by atoms with van der Waals surface area (Å²) >= 11 is 6.50. The maximum atomic E-state index is 12.6. The fourth-order valence-electron chi connectivity index (χ4n) is 3.87. The van der Waals surface area contributed by atoms with E-state index in [-0.39, 0.29) is 12.1 Å². The van der Waals surface area contributed by atoms with Crippen LogP contribution in [0.15, 0.2) is 18.6 Å². The molecular weight excluding hydrogens is 432 g/mol. The Morgan fingerprint density at radius 3 is 2.81 bits per heavy atom. The van der Waals surface area contributed by atoms with E-state index in [0.717, 1.165) is 25.1 Å². The molecule has 1 aliphatic heterocycles. The van der Waals surface area contributed by atoms with Gasteiger partial charge < -0.3 is 25.3 Å². The first-order valence-electron chi connectivity index (χ1n) is 10.8. The van der Waals surface area contributed by atoms with E-state index in [0.29, 0.717) is 40.9 Å². The molecule has 1 fully saturated rings. The number of hydrogen-bond acceptors (Lipinski definition) is 7. The van der Waals surface area contributed by atoms with Gasteiger partial charge in [-0.05, 0) is 40.5 Å². The fraction of sp³-hybridized carbons (Fsp3) is 0.524. The molecule has 0 aliphatic carbocycles. The fourth-order valence-corrected chi connectivity index (χ4v) is 4.15. The number of likely N-dealkylation sites (tertiary alicyclic amines) is 1. The highest BCUT2D eigenvalue weighted by atomic mass is 35.5. The van der Waals surface area contributed by atoms with Crippen molar-refractivity contribution in [1.29, 1.82) is 0 Å². The molecule has 1 amide bonds. The Hall–Kier alpha value is -3.01. The van der Waals surface area contributed by atoms with Crippen LogP contribution in [0.4, 0.5) is 22.2 Å². The number of nitrogens with one attached hydrogen (secondary N) is 1. The minimum atomic E-state index is -0.540. The smallest absolute Gasteiger partial charge is 0.410 e. The molecule has 4 heterocycles. The highest BCUT2D eigenvalue weighted by Crippen LogP contribution is 2.34. The topological polar surface area (TPSA) is 116 Å². The first-order valence-corrected chi connectivity index (χ1v) is 11.1. The van der Waals surface area contributed by atoms with Crippen LogP contribution in [0.1, 0.15) is 46.6 Å². The van der Waals surface area contributed by atoms with Gasteiger partial charge in [0.15, 0.2) is 0 Å². The van der Waals surface area contributed by atoms with Crippen molar-refractivity contribution in [1.82, 2.24) is 29.2 Å². The number of anilines is 3. The van der Waals surface area contributed by atoms with E-state index in [2.05, 4.69) is 15.4 Å². The number of ether oxygens (including phenoxy) is 1. The largest absolute Gasteiger partial charge is 0.444 e. The predicted octanol–water partition coefficient (Wildman–Crippen LogP) is 4.20. The number of hydrogen-bond donors (Lipinski definition) is 2. The lowest BCUT2D eigenvalue weighted by atomic mass is 10.1. The van der Waals surface area contributed by atoms with Crippen LogP contribution >= 0.6 is 11.6 Å². The lowest BCUT2D eigenvalue weighted by Crippen LogP contribution is -2.43. The molecule has 11 heteroatoms. The molecule has 0 radical (unpaired) electrons. The summed E-state index contributed by atoms with van der Waals surface area (Å²) in [5.74, 6) is 0.658. The molecule has 3 aromatic rings. The van der Waals surface area contributed by atoms with Gasteiger partial charge in [0.2, 0.25) is 5.95 Å². The van der Waals surface area contributed by atoms with Gasteiger partial charge in [-0.25, -0.2) is 4.79 Å². The maximum absolute atomic E-state index is 12.6. The molecule has 10 nitrogen and oxygen atoms in total. The van der Waals surface area contributed by atoms with Crippen LogP contribution in [0, 0.1) is 0 Å². The van der Waals surface area contributed by atoms with Gasteiger partial charge in [-0.15, -0.1) is 0 Å². The number of carbonyl (C=O) groups is 1. The first kappa shape index (κ1) is 22.2. The summed E-state index contributed by atoms with van der Waals surface area (Å²) < 4.78 is 9.35. The second-order valence-electron chi connectivity index (χ2n) is 8.95. The molecule has 0 saturated carbocycles. The Kier molecular flexibility index (Phi) is 5.89. The van der Waals surface area contributed by atoms with Gasteiger partial charge in [0.1, 0.15) is 17.1 Å². The number of amides is 1. The van der Waals surface area contributed by atoms with Gasteiger partial charge in [-0.3, -0.25) is 4.68 Å². The standard InChI is InChI=1S/C21H29ClN8O2/c1-5-29-10-13(9-24-29)25-19-26-17(23)16-15(22)12-30(18(16)27-19)14-7-6-8-28(11-14)20(31)32-21(2,3)4/h9-10,12,14H,5-8,11H2,1-4H3,(H3,23,25,26,27)/t14-/m1/s1. The Labute approximate surface area is 191 Å². The third-order valence-corrected chi connectivity index (χ3v) is 5.60. The van der Waals surface area contributed by atoms with E-state index < -0.39 is 5.60 Å². The molecule has 3 N–H and O–H groups in total. The van der Waals surface area contributed by atoms with Crippen LogP contribution in [-0.4, -0.2) is 54.0 Å². The molecule has 0 spiro atoms. The monoisotopic (exact) mass is 460 g/mol. The van der Waals surface area contributed by atoms with Crippen molar-refractivity contribution in [3.05, 3.63) is 23.6 Å². The Bertz CT molecular complexity index is 1130. The van der Waals surface area contributed by atoms with Crippen molar-refractivity contribution in [2.75, 3.05) is 24.1 Å². The lowest BCUT2D eigenvalue weighted by molar-refractivity contribution is 0.0174. The summed E-state index contributed by atoms with van der Waals surface area (Å²) in [6.07, 6.45) is 6.82. The van der Waals surface area contributed by atoms with Crippen LogP contribution in [0.25, 0.3) is 11.0 Å². The number of rotatable bonds is 4. The lowest BCUT2D eigenvalue weighted by Gasteiger charge is -2.34. The Balaban J connectivity index is 1.63. The van der Waals surface area contributed by atoms with Crippen LogP contribution in [0.3, 0.4) is 0 Å². The molecule has 32 heavy (non-hydrogen) atoms. The minimum absolute atomic E-state index is 0.00346. The van der Waals surface area contributed by atoms with Gasteiger partial charge >= 0.3 is 6.09 Å².